The maximum atomic E-state index is 12.4. The molecule has 8 heteroatoms. The number of carboxylic acid groups (broad SMARTS) is 2. The van der Waals surface area contributed by atoms with Crippen molar-refractivity contribution in [3.05, 3.63) is 29.8 Å². The first-order valence-corrected chi connectivity index (χ1v) is 7.64. The molecule has 0 saturated carbocycles. The zero-order valence-electron chi connectivity index (χ0n) is 11.4. The summed E-state index contributed by atoms with van der Waals surface area (Å²) < 4.78 is 25.5. The smallest absolute Gasteiger partial charge is 0.243 e. The van der Waals surface area contributed by atoms with Crippen molar-refractivity contribution in [2.24, 2.45) is 0 Å². The Kier molecular flexibility index (Phi) is 5.86. The molecule has 0 aliphatic carbocycles. The van der Waals surface area contributed by atoms with Crippen LogP contribution in [0, 0.1) is 6.92 Å². The molecule has 0 radical (unpaired) electrons. The average Bonchev–Trinajstić information content (AvgIpc) is 2.38. The molecule has 0 spiro atoms. The van der Waals surface area contributed by atoms with Crippen molar-refractivity contribution in [1.29, 1.82) is 0 Å². The Hall–Kier alpha value is -1.93. The fourth-order valence-electron chi connectivity index (χ4n) is 1.64. The van der Waals surface area contributed by atoms with Crippen LogP contribution in [0.1, 0.15) is 18.4 Å². The van der Waals surface area contributed by atoms with Gasteiger partial charge in [0.2, 0.25) is 10.0 Å². The third-order valence-electron chi connectivity index (χ3n) is 2.79. The highest BCUT2D eigenvalue weighted by atomic mass is 32.2. The predicted octanol–water partition coefficient (Wildman–Crippen LogP) is -1.73. The lowest BCUT2D eigenvalue weighted by molar-refractivity contribution is -0.306. The minimum Gasteiger partial charge on any atom is -0.550 e. The van der Waals surface area contributed by atoms with Gasteiger partial charge in [0.25, 0.3) is 0 Å². The molecule has 0 aliphatic rings. The van der Waals surface area contributed by atoms with E-state index in [-0.39, 0.29) is 18.0 Å². The first-order valence-electron chi connectivity index (χ1n) is 6.20. The minimum atomic E-state index is -3.96. The molecule has 0 aliphatic heterocycles. The molecular formula is C13H15NO6S-2. The van der Waals surface area contributed by atoms with Gasteiger partial charge in [0, 0.05) is 37.9 Å². The van der Waals surface area contributed by atoms with Crippen LogP contribution >= 0.6 is 0 Å². The molecule has 0 unspecified atom stereocenters. The summed E-state index contributed by atoms with van der Waals surface area (Å²) in [4.78, 5) is 21.0. The fourth-order valence-corrected chi connectivity index (χ4v) is 3.08. The van der Waals surface area contributed by atoms with E-state index < -0.39 is 34.8 Å². The van der Waals surface area contributed by atoms with Crippen molar-refractivity contribution in [3.63, 3.8) is 0 Å². The minimum absolute atomic E-state index is 0.0233. The Morgan fingerprint density at radius 1 is 1.00 bits per heavy atom. The second-order valence-electron chi connectivity index (χ2n) is 4.46. The lowest BCUT2D eigenvalue weighted by atomic mass is 10.2. The summed E-state index contributed by atoms with van der Waals surface area (Å²) in [5.74, 6) is -2.82. The van der Waals surface area contributed by atoms with Gasteiger partial charge in [-0.3, -0.25) is 0 Å². The Bertz CT molecular complexity index is 590. The number of hydrogen-bond donors (Lipinski definition) is 0. The molecule has 0 heterocycles. The van der Waals surface area contributed by atoms with Gasteiger partial charge in [0.1, 0.15) is 0 Å². The highest BCUT2D eigenvalue weighted by Crippen LogP contribution is 2.17. The average molecular weight is 313 g/mol. The number of carboxylic acids is 2. The third-order valence-corrected chi connectivity index (χ3v) is 4.70. The van der Waals surface area contributed by atoms with Gasteiger partial charge in [0.15, 0.2) is 0 Å². The van der Waals surface area contributed by atoms with Gasteiger partial charge >= 0.3 is 0 Å². The maximum Gasteiger partial charge on any atom is 0.243 e. The summed E-state index contributed by atoms with van der Waals surface area (Å²) >= 11 is 0. The van der Waals surface area contributed by atoms with Crippen LogP contribution < -0.4 is 10.2 Å². The van der Waals surface area contributed by atoms with Crippen LogP contribution in [0.4, 0.5) is 0 Å². The molecule has 0 saturated heterocycles. The molecule has 0 bridgehead atoms. The van der Waals surface area contributed by atoms with E-state index in [1.54, 1.807) is 19.1 Å². The molecule has 1 aromatic carbocycles. The number of nitrogens with zero attached hydrogens (tertiary/aromatic N) is 1. The van der Waals surface area contributed by atoms with Gasteiger partial charge < -0.3 is 19.8 Å². The van der Waals surface area contributed by atoms with Gasteiger partial charge in [-0.05, 0) is 19.1 Å². The number of rotatable bonds is 8. The lowest BCUT2D eigenvalue weighted by Gasteiger charge is -2.22. The summed E-state index contributed by atoms with van der Waals surface area (Å²) in [5, 5.41) is 21.0. The largest absolute Gasteiger partial charge is 0.550 e. The van der Waals surface area contributed by atoms with Crippen LogP contribution in [0.3, 0.4) is 0 Å². The Labute approximate surface area is 122 Å². The van der Waals surface area contributed by atoms with Crippen molar-refractivity contribution >= 4 is 22.0 Å². The van der Waals surface area contributed by atoms with E-state index in [1.807, 2.05) is 0 Å². The lowest BCUT2D eigenvalue weighted by Crippen LogP contribution is -2.38. The number of carbonyl (C=O) groups excluding carboxylic acids is 2. The molecule has 21 heavy (non-hydrogen) atoms. The molecular weight excluding hydrogens is 298 g/mol. The fraction of sp³-hybridized carbons (Fsp3) is 0.385. The summed E-state index contributed by atoms with van der Waals surface area (Å²) in [7, 11) is -3.96. The summed E-state index contributed by atoms with van der Waals surface area (Å²) in [6, 6.07) is 5.97. The zero-order valence-corrected chi connectivity index (χ0v) is 12.3. The van der Waals surface area contributed by atoms with Gasteiger partial charge in [0.05, 0.1) is 4.90 Å². The van der Waals surface area contributed by atoms with E-state index in [0.29, 0.717) is 0 Å². The molecule has 1 aromatic rings. The van der Waals surface area contributed by atoms with Gasteiger partial charge in [-0.1, -0.05) is 17.7 Å². The molecule has 1 rings (SSSR count). The first kappa shape index (κ1) is 17.1. The molecule has 0 aromatic heterocycles. The maximum absolute atomic E-state index is 12.4. The number of benzene rings is 1. The molecule has 116 valence electrons. The monoisotopic (exact) mass is 313 g/mol. The van der Waals surface area contributed by atoms with E-state index >= 15 is 0 Å². The summed E-state index contributed by atoms with van der Waals surface area (Å²) in [6.07, 6.45) is -1.03. The third kappa shape index (κ3) is 5.16. The van der Waals surface area contributed by atoms with Crippen LogP contribution in [-0.2, 0) is 19.6 Å². The van der Waals surface area contributed by atoms with Crippen LogP contribution in [-0.4, -0.2) is 37.8 Å². The Morgan fingerprint density at radius 3 is 1.81 bits per heavy atom. The van der Waals surface area contributed by atoms with E-state index in [4.69, 9.17) is 0 Å². The molecule has 0 fully saturated rings. The van der Waals surface area contributed by atoms with Crippen molar-refractivity contribution in [2.75, 3.05) is 13.1 Å². The zero-order chi connectivity index (χ0) is 16.0. The highest BCUT2D eigenvalue weighted by Gasteiger charge is 2.23. The summed E-state index contributed by atoms with van der Waals surface area (Å²) in [5.41, 5.74) is 0.866. The second-order valence-corrected chi connectivity index (χ2v) is 6.40. The van der Waals surface area contributed by atoms with Crippen molar-refractivity contribution in [3.8, 4) is 0 Å². The molecule has 7 nitrogen and oxygen atoms in total. The van der Waals surface area contributed by atoms with Crippen molar-refractivity contribution < 1.29 is 28.2 Å². The van der Waals surface area contributed by atoms with Gasteiger partial charge in [-0.25, -0.2) is 8.42 Å². The normalized spacial score (nSPS) is 11.5. The Balaban J connectivity index is 3.00. The second kappa shape index (κ2) is 7.19. The molecule has 0 atom stereocenters. The highest BCUT2D eigenvalue weighted by molar-refractivity contribution is 7.89. The van der Waals surface area contributed by atoms with E-state index in [2.05, 4.69) is 0 Å². The number of aryl methyl sites for hydroxylation is 1. The van der Waals surface area contributed by atoms with Gasteiger partial charge in [-0.15, -0.1) is 0 Å². The Morgan fingerprint density at radius 2 is 1.43 bits per heavy atom. The topological polar surface area (TPSA) is 118 Å². The van der Waals surface area contributed by atoms with Crippen LogP contribution in [0.25, 0.3) is 0 Å². The van der Waals surface area contributed by atoms with Crippen molar-refractivity contribution in [2.45, 2.75) is 24.7 Å². The number of aliphatic carboxylic acids is 2. The van der Waals surface area contributed by atoms with Crippen LogP contribution in [0.15, 0.2) is 29.2 Å². The number of carbonyl (C=O) groups is 2. The quantitative estimate of drug-likeness (QED) is 0.562. The van der Waals surface area contributed by atoms with Crippen LogP contribution in [0.5, 0.6) is 0 Å². The van der Waals surface area contributed by atoms with Crippen molar-refractivity contribution in [1.82, 2.24) is 4.31 Å². The first-order chi connectivity index (χ1) is 9.73. The van der Waals surface area contributed by atoms with E-state index in [1.165, 1.54) is 12.1 Å². The van der Waals surface area contributed by atoms with Gasteiger partial charge in [-0.2, -0.15) is 4.31 Å². The standard InChI is InChI=1S/C13H17NO6S/c1-10-2-4-11(5-3-10)21(19,20)14(8-6-12(15)16)9-7-13(17)18/h2-5H,6-9H2,1H3,(H,15,16)(H,17,18)/p-2. The van der Waals surface area contributed by atoms with E-state index in [9.17, 15) is 28.2 Å². The molecule has 0 amide bonds. The van der Waals surface area contributed by atoms with E-state index in [0.717, 1.165) is 9.87 Å². The SMILES string of the molecule is Cc1ccc(S(=O)(=O)N(CCC(=O)[O-])CCC(=O)[O-])cc1. The predicted molar refractivity (Wildman–Crippen MR) is 69.2 cm³/mol. The molecule has 0 N–H and O–H groups in total. The van der Waals surface area contributed by atoms with Crippen LogP contribution in [0.2, 0.25) is 0 Å². The number of sulfonamides is 1. The summed E-state index contributed by atoms with van der Waals surface area (Å²) in [6.45, 7) is 1.08. The number of hydrogen-bond acceptors (Lipinski definition) is 6.